The zero-order valence-corrected chi connectivity index (χ0v) is 13.5. The van der Waals surface area contributed by atoms with Gasteiger partial charge in [-0.05, 0) is 36.5 Å². The van der Waals surface area contributed by atoms with Crippen molar-refractivity contribution in [3.05, 3.63) is 35.6 Å². The molecule has 3 rings (SSSR count). The summed E-state index contributed by atoms with van der Waals surface area (Å²) in [5.41, 5.74) is 1.12. The van der Waals surface area contributed by atoms with Gasteiger partial charge in [0.1, 0.15) is 5.82 Å². The molecule has 2 saturated heterocycles. The van der Waals surface area contributed by atoms with Crippen LogP contribution in [0.15, 0.2) is 24.3 Å². The third-order valence-electron chi connectivity index (χ3n) is 4.75. The zero-order valence-electron chi connectivity index (χ0n) is 13.5. The van der Waals surface area contributed by atoms with Crippen LogP contribution < -0.4 is 0 Å². The van der Waals surface area contributed by atoms with Crippen LogP contribution in [0.4, 0.5) is 4.39 Å². The molecule has 23 heavy (non-hydrogen) atoms. The fourth-order valence-electron chi connectivity index (χ4n) is 3.35. The van der Waals surface area contributed by atoms with E-state index in [0.29, 0.717) is 12.3 Å². The van der Waals surface area contributed by atoms with Crippen molar-refractivity contribution in [2.45, 2.75) is 25.8 Å². The van der Waals surface area contributed by atoms with Crippen LogP contribution in [0.2, 0.25) is 0 Å². The lowest BCUT2D eigenvalue weighted by molar-refractivity contribution is -0.132. The molecule has 0 aromatic heterocycles. The lowest BCUT2D eigenvalue weighted by atomic mass is 10.0. The first-order chi connectivity index (χ1) is 11.2. The Labute approximate surface area is 137 Å². The summed E-state index contributed by atoms with van der Waals surface area (Å²) in [5.74, 6) is 0.475. The highest BCUT2D eigenvalue weighted by atomic mass is 19.1. The van der Waals surface area contributed by atoms with E-state index in [1.54, 1.807) is 0 Å². The molecule has 2 aliphatic heterocycles. The number of amides is 1. The zero-order chi connectivity index (χ0) is 16.1. The number of benzene rings is 1. The van der Waals surface area contributed by atoms with E-state index in [0.717, 1.165) is 64.3 Å². The second kappa shape index (κ2) is 7.88. The Morgan fingerprint density at radius 3 is 2.74 bits per heavy atom. The Hall–Kier alpha value is -1.46. The number of nitrogens with zero attached hydrogens (tertiary/aromatic N) is 2. The van der Waals surface area contributed by atoms with Crippen molar-refractivity contribution in [3.8, 4) is 0 Å². The first-order valence-corrected chi connectivity index (χ1v) is 8.53. The summed E-state index contributed by atoms with van der Waals surface area (Å²) >= 11 is 0. The largest absolute Gasteiger partial charge is 0.381 e. The van der Waals surface area contributed by atoms with Gasteiger partial charge in [-0.15, -0.1) is 0 Å². The van der Waals surface area contributed by atoms with Gasteiger partial charge in [-0.2, -0.15) is 0 Å². The second-order valence-electron chi connectivity index (χ2n) is 6.57. The van der Waals surface area contributed by atoms with Gasteiger partial charge in [0.05, 0.1) is 0 Å². The van der Waals surface area contributed by atoms with Gasteiger partial charge in [-0.1, -0.05) is 12.1 Å². The standard InChI is InChI=1S/C18H25FN2O2/c19-17-4-2-15(3-5-17)13-20-7-1-8-21(10-9-20)18(22)12-16-6-11-23-14-16/h2-5,16H,1,6-14H2/t16-/m1/s1. The lowest BCUT2D eigenvalue weighted by Crippen LogP contribution is -2.36. The number of hydrogen-bond acceptors (Lipinski definition) is 3. The van der Waals surface area contributed by atoms with E-state index in [9.17, 15) is 9.18 Å². The maximum absolute atomic E-state index is 13.0. The number of carbonyl (C=O) groups excluding carboxylic acids is 1. The molecule has 0 spiro atoms. The van der Waals surface area contributed by atoms with Crippen molar-refractivity contribution in [3.63, 3.8) is 0 Å². The van der Waals surface area contributed by atoms with E-state index in [-0.39, 0.29) is 11.7 Å². The number of hydrogen-bond donors (Lipinski definition) is 0. The van der Waals surface area contributed by atoms with Crippen LogP contribution in [-0.2, 0) is 16.1 Å². The SMILES string of the molecule is O=C(C[C@H]1CCOC1)N1CCCN(Cc2ccc(F)cc2)CC1. The van der Waals surface area contributed by atoms with E-state index in [1.165, 1.54) is 12.1 Å². The van der Waals surface area contributed by atoms with Crippen molar-refractivity contribution < 1.29 is 13.9 Å². The van der Waals surface area contributed by atoms with Gasteiger partial charge in [-0.3, -0.25) is 9.69 Å². The van der Waals surface area contributed by atoms with Gasteiger partial charge >= 0.3 is 0 Å². The molecule has 5 heteroatoms. The summed E-state index contributed by atoms with van der Waals surface area (Å²) in [7, 11) is 0. The third-order valence-corrected chi connectivity index (χ3v) is 4.75. The topological polar surface area (TPSA) is 32.8 Å². The molecule has 4 nitrogen and oxygen atoms in total. The highest BCUT2D eigenvalue weighted by Crippen LogP contribution is 2.18. The van der Waals surface area contributed by atoms with Gasteiger partial charge in [0.25, 0.3) is 0 Å². The Balaban J connectivity index is 1.48. The predicted octanol–water partition coefficient (Wildman–Crippen LogP) is 2.29. The molecule has 2 fully saturated rings. The number of halogens is 1. The summed E-state index contributed by atoms with van der Waals surface area (Å²) < 4.78 is 18.3. The Kier molecular flexibility index (Phi) is 5.62. The summed E-state index contributed by atoms with van der Waals surface area (Å²) in [4.78, 5) is 16.8. The maximum atomic E-state index is 13.0. The number of rotatable bonds is 4. The molecule has 0 bridgehead atoms. The van der Waals surface area contributed by atoms with Crippen LogP contribution in [-0.4, -0.2) is 55.1 Å². The van der Waals surface area contributed by atoms with Crippen LogP contribution in [0.1, 0.15) is 24.8 Å². The average Bonchev–Trinajstić information content (AvgIpc) is 2.94. The summed E-state index contributed by atoms with van der Waals surface area (Å²) in [6, 6.07) is 6.69. The van der Waals surface area contributed by atoms with Gasteiger partial charge in [0.2, 0.25) is 5.91 Å². The molecule has 1 amide bonds. The van der Waals surface area contributed by atoms with Crippen molar-refractivity contribution in [2.75, 3.05) is 39.4 Å². The quantitative estimate of drug-likeness (QED) is 0.853. The smallest absolute Gasteiger partial charge is 0.222 e. The highest BCUT2D eigenvalue weighted by molar-refractivity contribution is 5.76. The molecule has 2 aliphatic rings. The van der Waals surface area contributed by atoms with Gasteiger partial charge in [-0.25, -0.2) is 4.39 Å². The Bertz CT molecular complexity index is 514. The Morgan fingerprint density at radius 1 is 1.17 bits per heavy atom. The third kappa shape index (κ3) is 4.75. The monoisotopic (exact) mass is 320 g/mol. The minimum absolute atomic E-state index is 0.197. The van der Waals surface area contributed by atoms with E-state index in [4.69, 9.17) is 4.74 Å². The first-order valence-electron chi connectivity index (χ1n) is 8.53. The molecular weight excluding hydrogens is 295 g/mol. The lowest BCUT2D eigenvalue weighted by Gasteiger charge is -2.23. The van der Waals surface area contributed by atoms with Gasteiger partial charge in [0, 0.05) is 52.4 Å². The molecule has 1 atom stereocenters. The van der Waals surface area contributed by atoms with Crippen LogP contribution in [0.3, 0.4) is 0 Å². The fraction of sp³-hybridized carbons (Fsp3) is 0.611. The molecule has 126 valence electrons. The van der Waals surface area contributed by atoms with Crippen LogP contribution in [0, 0.1) is 11.7 Å². The molecule has 0 unspecified atom stereocenters. The number of carbonyl (C=O) groups is 1. The molecule has 1 aromatic rings. The van der Waals surface area contributed by atoms with Gasteiger partial charge < -0.3 is 9.64 Å². The van der Waals surface area contributed by atoms with E-state index >= 15 is 0 Å². The normalized spacial score (nSPS) is 23.0. The molecule has 0 N–H and O–H groups in total. The Morgan fingerprint density at radius 2 is 2.00 bits per heavy atom. The van der Waals surface area contributed by atoms with Crippen molar-refractivity contribution in [2.24, 2.45) is 5.92 Å². The molecule has 0 saturated carbocycles. The van der Waals surface area contributed by atoms with Crippen molar-refractivity contribution >= 4 is 5.91 Å². The summed E-state index contributed by atoms with van der Waals surface area (Å²) in [6.45, 7) is 5.83. The molecule has 0 radical (unpaired) electrons. The van der Waals surface area contributed by atoms with Crippen LogP contribution in [0.5, 0.6) is 0 Å². The fourth-order valence-corrected chi connectivity index (χ4v) is 3.35. The average molecular weight is 320 g/mol. The van der Waals surface area contributed by atoms with Crippen molar-refractivity contribution in [1.82, 2.24) is 9.80 Å². The summed E-state index contributed by atoms with van der Waals surface area (Å²) in [5, 5.41) is 0. The second-order valence-corrected chi connectivity index (χ2v) is 6.57. The first kappa shape index (κ1) is 16.4. The minimum atomic E-state index is -0.197. The minimum Gasteiger partial charge on any atom is -0.381 e. The van der Waals surface area contributed by atoms with Gasteiger partial charge in [0.15, 0.2) is 0 Å². The predicted molar refractivity (Wildman–Crippen MR) is 86.4 cm³/mol. The summed E-state index contributed by atoms with van der Waals surface area (Å²) in [6.07, 6.45) is 2.63. The molecule has 0 aliphatic carbocycles. The molecule has 1 aromatic carbocycles. The van der Waals surface area contributed by atoms with E-state index < -0.39 is 0 Å². The van der Waals surface area contributed by atoms with Crippen LogP contribution >= 0.6 is 0 Å². The van der Waals surface area contributed by atoms with Crippen molar-refractivity contribution in [1.29, 1.82) is 0 Å². The molecule has 2 heterocycles. The molecular formula is C18H25FN2O2. The van der Waals surface area contributed by atoms with E-state index in [1.807, 2.05) is 17.0 Å². The highest BCUT2D eigenvalue weighted by Gasteiger charge is 2.24. The van der Waals surface area contributed by atoms with Crippen LogP contribution in [0.25, 0.3) is 0 Å². The maximum Gasteiger partial charge on any atom is 0.222 e. The number of ether oxygens (including phenoxy) is 1. The van der Waals surface area contributed by atoms with E-state index in [2.05, 4.69) is 4.90 Å².